The average molecular weight is 382 g/mol. The molecule has 0 bridgehead atoms. The van der Waals surface area contributed by atoms with E-state index in [0.717, 1.165) is 11.4 Å². The predicted molar refractivity (Wildman–Crippen MR) is 89.8 cm³/mol. The summed E-state index contributed by atoms with van der Waals surface area (Å²) in [4.78, 5) is 6.70. The molecule has 2 aromatic carbocycles. The molecule has 0 fully saturated rings. The van der Waals surface area contributed by atoms with Crippen molar-refractivity contribution in [1.82, 2.24) is 0 Å². The van der Waals surface area contributed by atoms with Crippen LogP contribution in [0.2, 0.25) is 0 Å². The van der Waals surface area contributed by atoms with Gasteiger partial charge in [-0.15, -0.1) is 0 Å². The molecule has 0 amide bonds. The van der Waals surface area contributed by atoms with Gasteiger partial charge in [0, 0.05) is 0 Å². The molecule has 0 aliphatic rings. The van der Waals surface area contributed by atoms with Crippen LogP contribution in [0.15, 0.2) is 53.5 Å². The van der Waals surface area contributed by atoms with E-state index in [-0.39, 0.29) is 17.5 Å². The van der Waals surface area contributed by atoms with Crippen molar-refractivity contribution < 1.29 is 21.1 Å². The van der Waals surface area contributed by atoms with Gasteiger partial charge in [0.05, 0.1) is 0 Å². The van der Waals surface area contributed by atoms with Crippen LogP contribution < -0.4 is 3.56 Å². The molecular weight excluding hydrogens is 359 g/mol. The van der Waals surface area contributed by atoms with E-state index in [1.165, 1.54) is 11.1 Å². The standard InChI is InChI=1S/C13H18N.C6H6O.Ru/c1-9(2)11-7-6-8-12(10(3)4)13(11)14-5;7-6-4-2-1-3-5-6;/h5-10H,1-4H3;1-5,7H;/q;;+1/p-1. The van der Waals surface area contributed by atoms with Gasteiger partial charge in [-0.25, -0.2) is 0 Å². The summed E-state index contributed by atoms with van der Waals surface area (Å²) in [6, 6.07) is 16.4. The fourth-order valence-electron chi connectivity index (χ4n) is 2.26. The van der Waals surface area contributed by atoms with Crippen LogP contribution in [0.5, 0.6) is 5.75 Å². The van der Waals surface area contributed by atoms with E-state index in [1.54, 1.807) is 0 Å². The molecule has 3 heteroatoms. The molecular formula is C19H23NORu. The van der Waals surface area contributed by atoms with Crippen molar-refractivity contribution in [3.63, 3.8) is 0 Å². The molecule has 22 heavy (non-hydrogen) atoms. The Morgan fingerprint density at radius 2 is 1.45 bits per heavy atom. The van der Waals surface area contributed by atoms with Gasteiger partial charge in [0.25, 0.3) is 0 Å². The quantitative estimate of drug-likeness (QED) is 0.466. The Morgan fingerprint density at radius 1 is 0.864 bits per heavy atom. The second-order valence-corrected chi connectivity index (χ2v) is 7.00. The molecule has 2 nitrogen and oxygen atoms in total. The fourth-order valence-corrected chi connectivity index (χ4v) is 3.14. The first-order chi connectivity index (χ1) is 10.6. The molecule has 0 N–H and O–H groups in total. The number of para-hydroxylation sites is 2. The molecule has 0 spiro atoms. The summed E-state index contributed by atoms with van der Waals surface area (Å²) >= 11 is -0.352. The third kappa shape index (κ3) is 4.51. The normalized spacial score (nSPS) is 11.7. The number of rotatable bonds is 6. The Morgan fingerprint density at radius 3 is 2.00 bits per heavy atom. The second kappa shape index (κ2) is 8.24. The summed E-state index contributed by atoms with van der Waals surface area (Å²) in [6.45, 7) is 8.86. The maximum atomic E-state index is 5.77. The van der Waals surface area contributed by atoms with Crippen LogP contribution in [0.25, 0.3) is 0 Å². The molecule has 2 rings (SSSR count). The van der Waals surface area contributed by atoms with Crippen LogP contribution in [0.4, 0.5) is 5.69 Å². The van der Waals surface area contributed by atoms with E-state index >= 15 is 0 Å². The summed E-state index contributed by atoms with van der Waals surface area (Å²) in [5.41, 5.74) is 3.74. The zero-order chi connectivity index (χ0) is 15.9. The Hall–Kier alpha value is -1.47. The summed E-state index contributed by atoms with van der Waals surface area (Å²) < 4.78 is 5.77. The third-order valence-electron chi connectivity index (χ3n) is 3.42. The van der Waals surface area contributed by atoms with Crippen LogP contribution in [-0.4, -0.2) is 4.81 Å². The van der Waals surface area contributed by atoms with Gasteiger partial charge in [-0.1, -0.05) is 0 Å². The fraction of sp³-hybridized carbons (Fsp3) is 0.316. The van der Waals surface area contributed by atoms with E-state index in [0.29, 0.717) is 11.8 Å². The van der Waals surface area contributed by atoms with E-state index < -0.39 is 0 Å². The van der Waals surface area contributed by atoms with Crippen LogP contribution in [-0.2, 0) is 17.5 Å². The molecule has 0 saturated carbocycles. The Kier molecular flexibility index (Phi) is 6.33. The minimum atomic E-state index is -0.352. The van der Waals surface area contributed by atoms with Crippen molar-refractivity contribution in [3.05, 3.63) is 59.7 Å². The minimum absolute atomic E-state index is 0.352. The van der Waals surface area contributed by atoms with Gasteiger partial charge >= 0.3 is 141 Å². The van der Waals surface area contributed by atoms with Crippen LogP contribution in [0, 0.1) is 0 Å². The zero-order valence-electron chi connectivity index (χ0n) is 13.6. The Bertz CT molecular complexity index is 594. The van der Waals surface area contributed by atoms with Gasteiger partial charge in [0.1, 0.15) is 0 Å². The van der Waals surface area contributed by atoms with Crippen molar-refractivity contribution in [2.45, 2.75) is 39.5 Å². The first kappa shape index (κ1) is 16.9. The maximum absolute atomic E-state index is 5.77. The number of benzene rings is 2. The van der Waals surface area contributed by atoms with Crippen molar-refractivity contribution in [3.8, 4) is 5.75 Å². The average Bonchev–Trinajstić information content (AvgIpc) is 2.52. The monoisotopic (exact) mass is 383 g/mol. The van der Waals surface area contributed by atoms with Crippen LogP contribution in [0.3, 0.4) is 0 Å². The molecule has 2 aromatic rings. The predicted octanol–water partition coefficient (Wildman–Crippen LogP) is 5.67. The van der Waals surface area contributed by atoms with Crippen LogP contribution in [0.1, 0.15) is 50.7 Å². The molecule has 0 aromatic heterocycles. The summed E-state index contributed by atoms with van der Waals surface area (Å²) in [5, 5.41) is 0. The zero-order valence-corrected chi connectivity index (χ0v) is 15.3. The molecule has 0 aliphatic heterocycles. The number of nitrogens with zero attached hydrogens (tertiary/aromatic N) is 1. The second-order valence-electron chi connectivity index (χ2n) is 5.78. The van der Waals surface area contributed by atoms with Gasteiger partial charge in [-0.05, 0) is 0 Å². The molecule has 118 valence electrons. The van der Waals surface area contributed by atoms with Crippen molar-refractivity contribution in [2.75, 3.05) is 0 Å². The topological polar surface area (TPSA) is 21.6 Å². The first-order valence-corrected chi connectivity index (χ1v) is 9.29. The number of hydrogen-bond donors (Lipinski definition) is 0. The molecule has 0 aliphatic carbocycles. The third-order valence-corrected chi connectivity index (χ3v) is 4.44. The summed E-state index contributed by atoms with van der Waals surface area (Å²) in [6.07, 6.45) is 0. The van der Waals surface area contributed by atoms with Gasteiger partial charge in [0.15, 0.2) is 0 Å². The van der Waals surface area contributed by atoms with Crippen molar-refractivity contribution in [1.29, 1.82) is 0 Å². The number of aliphatic imine (C=N–C) groups is 1. The molecule has 0 heterocycles. The molecule has 0 unspecified atom stereocenters. The summed E-state index contributed by atoms with van der Waals surface area (Å²) in [5.74, 6) is 1.85. The van der Waals surface area contributed by atoms with Crippen LogP contribution >= 0.6 is 0 Å². The Balaban J connectivity index is 2.15. The van der Waals surface area contributed by atoms with Gasteiger partial charge in [-0.3, -0.25) is 0 Å². The van der Waals surface area contributed by atoms with E-state index in [4.69, 9.17) is 8.56 Å². The van der Waals surface area contributed by atoms with Gasteiger partial charge in [-0.2, -0.15) is 0 Å². The summed E-state index contributed by atoms with van der Waals surface area (Å²) in [7, 11) is 0. The van der Waals surface area contributed by atoms with Gasteiger partial charge < -0.3 is 0 Å². The van der Waals surface area contributed by atoms with Gasteiger partial charge in [0.2, 0.25) is 0 Å². The SMILES string of the molecule is CC(C)c1cccc(C(C)C)c1N=[CH][Ru][O]c1ccccc1. The van der Waals surface area contributed by atoms with Crippen molar-refractivity contribution in [2.24, 2.45) is 4.99 Å². The molecule has 0 radical (unpaired) electrons. The number of hydrogen-bond acceptors (Lipinski definition) is 2. The van der Waals surface area contributed by atoms with E-state index in [9.17, 15) is 0 Å². The van der Waals surface area contributed by atoms with E-state index in [1.807, 2.05) is 35.1 Å². The Labute approximate surface area is 141 Å². The molecule has 0 atom stereocenters. The van der Waals surface area contributed by atoms with Crippen molar-refractivity contribution >= 4 is 10.5 Å². The first-order valence-electron chi connectivity index (χ1n) is 7.58. The van der Waals surface area contributed by atoms with E-state index in [2.05, 4.69) is 45.9 Å². The molecule has 0 saturated heterocycles.